The van der Waals surface area contributed by atoms with Crippen molar-refractivity contribution in [3.05, 3.63) is 88.8 Å². The van der Waals surface area contributed by atoms with Crippen molar-refractivity contribution in [3.8, 4) is 0 Å². The molecule has 4 nitrogen and oxygen atoms in total. The van der Waals surface area contributed by atoms with Crippen molar-refractivity contribution >= 4 is 26.0 Å². The molecule has 2 aromatic carbocycles. The topological polar surface area (TPSA) is 50.5 Å². The van der Waals surface area contributed by atoms with Crippen LogP contribution in [0.5, 0.6) is 0 Å². The Bertz CT molecular complexity index is 892. The summed E-state index contributed by atoms with van der Waals surface area (Å²) in [5.74, 6) is 0.619. The molecular formula is C19H18BrNO3S. The molecule has 0 unspecified atom stereocenters. The second-order valence-electron chi connectivity index (χ2n) is 5.61. The highest BCUT2D eigenvalue weighted by molar-refractivity contribution is 9.10. The molecule has 0 saturated carbocycles. The van der Waals surface area contributed by atoms with E-state index in [0.717, 1.165) is 10.0 Å². The quantitative estimate of drug-likeness (QED) is 0.567. The fraction of sp³-hybridized carbons (Fsp3) is 0.158. The molecule has 0 saturated heterocycles. The molecule has 0 aliphatic heterocycles. The molecule has 0 bridgehead atoms. The van der Waals surface area contributed by atoms with E-state index in [0.29, 0.717) is 18.7 Å². The summed E-state index contributed by atoms with van der Waals surface area (Å²) in [7, 11) is -3.61. The van der Waals surface area contributed by atoms with E-state index in [9.17, 15) is 8.42 Å². The van der Waals surface area contributed by atoms with E-state index in [2.05, 4.69) is 15.9 Å². The van der Waals surface area contributed by atoms with Gasteiger partial charge in [-0.2, -0.15) is 4.31 Å². The van der Waals surface area contributed by atoms with E-state index in [1.165, 1.54) is 4.31 Å². The number of halogens is 1. The Hall–Kier alpha value is -1.89. The van der Waals surface area contributed by atoms with Crippen molar-refractivity contribution in [1.29, 1.82) is 0 Å². The average molecular weight is 420 g/mol. The van der Waals surface area contributed by atoms with Crippen LogP contribution in [0.15, 0.2) is 86.8 Å². The number of rotatable bonds is 7. The molecule has 0 radical (unpaired) electrons. The van der Waals surface area contributed by atoms with Gasteiger partial charge in [-0.1, -0.05) is 46.3 Å². The van der Waals surface area contributed by atoms with Crippen LogP contribution in [0.4, 0.5) is 0 Å². The van der Waals surface area contributed by atoms with Gasteiger partial charge in [0.05, 0.1) is 17.7 Å². The Morgan fingerprint density at radius 1 is 0.920 bits per heavy atom. The highest BCUT2D eigenvalue weighted by atomic mass is 79.9. The maximum atomic E-state index is 13.1. The molecule has 0 atom stereocenters. The van der Waals surface area contributed by atoms with E-state index in [1.54, 1.807) is 42.7 Å². The van der Waals surface area contributed by atoms with E-state index in [-0.39, 0.29) is 11.4 Å². The van der Waals surface area contributed by atoms with Gasteiger partial charge < -0.3 is 4.42 Å². The van der Waals surface area contributed by atoms with Gasteiger partial charge in [0.1, 0.15) is 5.76 Å². The van der Waals surface area contributed by atoms with E-state index < -0.39 is 10.0 Å². The third kappa shape index (κ3) is 4.60. The summed E-state index contributed by atoms with van der Waals surface area (Å²) in [5.41, 5.74) is 1.10. The Morgan fingerprint density at radius 3 is 2.28 bits per heavy atom. The van der Waals surface area contributed by atoms with Crippen LogP contribution in [0, 0.1) is 0 Å². The van der Waals surface area contributed by atoms with Gasteiger partial charge in [0, 0.05) is 11.0 Å². The summed E-state index contributed by atoms with van der Waals surface area (Å²) in [4.78, 5) is 0.273. The first-order valence-corrected chi connectivity index (χ1v) is 10.1. The van der Waals surface area contributed by atoms with Gasteiger partial charge in [-0.15, -0.1) is 0 Å². The molecule has 6 heteroatoms. The zero-order valence-electron chi connectivity index (χ0n) is 13.5. The standard InChI is InChI=1S/C19H18BrNO3S/c20-17-8-10-19(11-9-17)25(22,23)21(15-18-7-4-14-24-18)13-12-16-5-2-1-3-6-16/h1-11,14H,12-13,15H2. The van der Waals surface area contributed by atoms with E-state index >= 15 is 0 Å². The molecule has 130 valence electrons. The molecule has 1 aromatic heterocycles. The Kier molecular flexibility index (Phi) is 5.73. The normalized spacial score (nSPS) is 11.8. The van der Waals surface area contributed by atoms with E-state index in [1.807, 2.05) is 30.3 Å². The summed E-state index contributed by atoms with van der Waals surface area (Å²) in [6.07, 6.45) is 2.19. The Labute approximate surface area is 156 Å². The van der Waals surface area contributed by atoms with Crippen molar-refractivity contribution in [2.45, 2.75) is 17.9 Å². The molecule has 0 amide bonds. The molecule has 0 aliphatic rings. The first-order chi connectivity index (χ1) is 12.1. The zero-order valence-corrected chi connectivity index (χ0v) is 15.9. The van der Waals surface area contributed by atoms with Crippen molar-refractivity contribution in [2.24, 2.45) is 0 Å². The van der Waals surface area contributed by atoms with Gasteiger partial charge >= 0.3 is 0 Å². The first-order valence-electron chi connectivity index (χ1n) is 7.88. The van der Waals surface area contributed by atoms with Crippen molar-refractivity contribution in [3.63, 3.8) is 0 Å². The molecular weight excluding hydrogens is 402 g/mol. The minimum absolute atomic E-state index is 0.207. The average Bonchev–Trinajstić information content (AvgIpc) is 3.13. The summed E-state index contributed by atoms with van der Waals surface area (Å²) >= 11 is 3.34. The minimum Gasteiger partial charge on any atom is -0.468 e. The van der Waals surface area contributed by atoms with Crippen LogP contribution >= 0.6 is 15.9 Å². The number of furan rings is 1. The highest BCUT2D eigenvalue weighted by Crippen LogP contribution is 2.21. The van der Waals surface area contributed by atoms with Gasteiger partial charge in [0.2, 0.25) is 10.0 Å². The van der Waals surface area contributed by atoms with Crippen LogP contribution < -0.4 is 0 Å². The monoisotopic (exact) mass is 419 g/mol. The van der Waals surface area contributed by atoms with Crippen molar-refractivity contribution in [2.75, 3.05) is 6.54 Å². The number of sulfonamides is 1. The second-order valence-corrected chi connectivity index (χ2v) is 8.46. The van der Waals surface area contributed by atoms with Crippen LogP contribution in [0.1, 0.15) is 11.3 Å². The molecule has 0 aliphatic carbocycles. The zero-order chi connectivity index (χ0) is 17.7. The predicted octanol–water partition coefficient (Wildman–Crippen LogP) is 4.48. The smallest absolute Gasteiger partial charge is 0.243 e. The van der Waals surface area contributed by atoms with Crippen LogP contribution in [-0.4, -0.2) is 19.3 Å². The summed E-state index contributed by atoms with van der Waals surface area (Å²) in [5, 5.41) is 0. The van der Waals surface area contributed by atoms with Gasteiger partial charge in [-0.3, -0.25) is 0 Å². The largest absolute Gasteiger partial charge is 0.468 e. The van der Waals surface area contributed by atoms with Crippen LogP contribution in [-0.2, 0) is 23.0 Å². The number of hydrogen-bond acceptors (Lipinski definition) is 3. The highest BCUT2D eigenvalue weighted by Gasteiger charge is 2.25. The molecule has 0 fully saturated rings. The van der Waals surface area contributed by atoms with E-state index in [4.69, 9.17) is 4.42 Å². The molecule has 3 aromatic rings. The number of benzene rings is 2. The lowest BCUT2D eigenvalue weighted by Crippen LogP contribution is -2.32. The maximum absolute atomic E-state index is 13.1. The third-order valence-corrected chi connectivity index (χ3v) is 6.24. The van der Waals surface area contributed by atoms with Crippen LogP contribution in [0.3, 0.4) is 0 Å². The summed E-state index contributed by atoms with van der Waals surface area (Å²) < 4.78 is 33.8. The second kappa shape index (κ2) is 7.99. The minimum atomic E-state index is -3.61. The Morgan fingerprint density at radius 2 is 1.64 bits per heavy atom. The lowest BCUT2D eigenvalue weighted by molar-refractivity contribution is 0.366. The SMILES string of the molecule is O=S(=O)(c1ccc(Br)cc1)N(CCc1ccccc1)Cc1ccco1. The van der Waals surface area contributed by atoms with Crippen molar-refractivity contribution in [1.82, 2.24) is 4.31 Å². The fourth-order valence-electron chi connectivity index (χ4n) is 2.51. The van der Waals surface area contributed by atoms with Gasteiger partial charge in [-0.25, -0.2) is 8.42 Å². The van der Waals surface area contributed by atoms with Gasteiger partial charge in [-0.05, 0) is 48.4 Å². The molecule has 0 N–H and O–H groups in total. The maximum Gasteiger partial charge on any atom is 0.243 e. The molecule has 3 rings (SSSR count). The van der Waals surface area contributed by atoms with Gasteiger partial charge in [0.25, 0.3) is 0 Å². The lowest BCUT2D eigenvalue weighted by atomic mass is 10.1. The number of hydrogen-bond donors (Lipinski definition) is 0. The van der Waals surface area contributed by atoms with Crippen LogP contribution in [0.25, 0.3) is 0 Å². The summed E-state index contributed by atoms with van der Waals surface area (Å²) in [6, 6.07) is 20.1. The predicted molar refractivity (Wildman–Crippen MR) is 101 cm³/mol. The lowest BCUT2D eigenvalue weighted by Gasteiger charge is -2.21. The molecule has 25 heavy (non-hydrogen) atoms. The van der Waals surface area contributed by atoms with Crippen molar-refractivity contribution < 1.29 is 12.8 Å². The van der Waals surface area contributed by atoms with Crippen LogP contribution in [0.2, 0.25) is 0 Å². The number of nitrogens with zero attached hydrogens (tertiary/aromatic N) is 1. The summed E-state index contributed by atoms with van der Waals surface area (Å²) in [6.45, 7) is 0.585. The van der Waals surface area contributed by atoms with Gasteiger partial charge in [0.15, 0.2) is 0 Å². The molecule has 1 heterocycles. The molecule has 0 spiro atoms. The first kappa shape index (κ1) is 17.9. The third-order valence-electron chi connectivity index (χ3n) is 3.86. The Balaban J connectivity index is 1.85. The fourth-order valence-corrected chi connectivity index (χ4v) is 4.19.